The van der Waals surface area contributed by atoms with E-state index >= 15 is 0 Å². The summed E-state index contributed by atoms with van der Waals surface area (Å²) in [5.41, 5.74) is 0.00608. The van der Waals surface area contributed by atoms with Crippen molar-refractivity contribution in [3.8, 4) is 0 Å². The molecule has 3 nitrogen and oxygen atoms in total. The summed E-state index contributed by atoms with van der Waals surface area (Å²) in [4.78, 5) is 0. The second kappa shape index (κ2) is 6.08. The lowest BCUT2D eigenvalue weighted by Crippen LogP contribution is -2.49. The summed E-state index contributed by atoms with van der Waals surface area (Å²) in [6.45, 7) is 3.87. The highest BCUT2D eigenvalue weighted by molar-refractivity contribution is 6.36. The van der Waals surface area contributed by atoms with Crippen LogP contribution < -0.4 is 0 Å². The minimum absolute atomic E-state index is 0.00608. The van der Waals surface area contributed by atoms with Crippen LogP contribution in [0.1, 0.15) is 64.2 Å². The summed E-state index contributed by atoms with van der Waals surface area (Å²) in [5.74, 6) is 0. The van der Waals surface area contributed by atoms with E-state index in [1.54, 1.807) is 0 Å². The van der Waals surface area contributed by atoms with Crippen molar-refractivity contribution in [3.63, 3.8) is 0 Å². The molecular formula is C15H26O3Si. The molecule has 0 aromatic heterocycles. The maximum atomic E-state index is 6.35. The molecule has 3 fully saturated rings. The van der Waals surface area contributed by atoms with Gasteiger partial charge < -0.3 is 13.3 Å². The zero-order chi connectivity index (χ0) is 13.1. The molecule has 0 heterocycles. The topological polar surface area (TPSA) is 27.7 Å². The maximum Gasteiger partial charge on any atom is 0.485 e. The molecular weight excluding hydrogens is 256 g/mol. The molecule has 0 N–H and O–H groups in total. The Kier molecular flexibility index (Phi) is 4.42. The van der Waals surface area contributed by atoms with E-state index in [4.69, 9.17) is 13.3 Å². The highest BCUT2D eigenvalue weighted by Gasteiger charge is 2.42. The third kappa shape index (κ3) is 3.30. The van der Waals surface area contributed by atoms with E-state index in [0.717, 1.165) is 19.3 Å². The molecule has 0 unspecified atom stereocenters. The molecule has 0 aliphatic heterocycles. The Morgan fingerprint density at radius 2 is 1.58 bits per heavy atom. The van der Waals surface area contributed by atoms with Crippen LogP contribution in [0.25, 0.3) is 0 Å². The summed E-state index contributed by atoms with van der Waals surface area (Å²) in [7, 11) is -1.95. The molecule has 3 aliphatic rings. The third-order valence-electron chi connectivity index (χ3n) is 4.84. The van der Waals surface area contributed by atoms with Crippen molar-refractivity contribution < 1.29 is 13.3 Å². The smallest absolute Gasteiger partial charge is 0.373 e. The lowest BCUT2D eigenvalue weighted by atomic mass is 9.78. The molecule has 4 heteroatoms. The minimum Gasteiger partial charge on any atom is -0.373 e. The van der Waals surface area contributed by atoms with Crippen LogP contribution in [0.5, 0.6) is 0 Å². The summed E-state index contributed by atoms with van der Waals surface area (Å²) >= 11 is 0. The van der Waals surface area contributed by atoms with Gasteiger partial charge in [0, 0.05) is 12.2 Å². The largest absolute Gasteiger partial charge is 0.485 e. The monoisotopic (exact) mass is 282 g/mol. The van der Waals surface area contributed by atoms with Crippen molar-refractivity contribution in [1.82, 2.24) is 0 Å². The molecule has 0 bridgehead atoms. The van der Waals surface area contributed by atoms with Gasteiger partial charge in [-0.05, 0) is 64.2 Å². The molecule has 0 radical (unpaired) electrons. The van der Waals surface area contributed by atoms with Gasteiger partial charge in [0.25, 0.3) is 0 Å². The van der Waals surface area contributed by atoms with Gasteiger partial charge >= 0.3 is 9.53 Å². The zero-order valence-corrected chi connectivity index (χ0v) is 13.0. The van der Waals surface area contributed by atoms with Gasteiger partial charge in [0.05, 0.1) is 5.60 Å². The SMILES string of the molecule is C=CCC1(O[SiH](OC2CCC2)OC2CCC2)CCC1. The van der Waals surface area contributed by atoms with Gasteiger partial charge in [0.2, 0.25) is 0 Å². The van der Waals surface area contributed by atoms with E-state index in [0.29, 0.717) is 12.2 Å². The quantitative estimate of drug-likeness (QED) is 0.505. The van der Waals surface area contributed by atoms with Crippen LogP contribution in [-0.2, 0) is 13.3 Å². The Bertz CT molecular complexity index is 293. The van der Waals surface area contributed by atoms with Crippen LogP contribution in [0.3, 0.4) is 0 Å². The molecule has 0 saturated heterocycles. The van der Waals surface area contributed by atoms with Gasteiger partial charge in [0.15, 0.2) is 0 Å². The van der Waals surface area contributed by atoms with Gasteiger partial charge in [-0.2, -0.15) is 0 Å². The van der Waals surface area contributed by atoms with Gasteiger partial charge in [0.1, 0.15) is 0 Å². The van der Waals surface area contributed by atoms with Crippen molar-refractivity contribution in [1.29, 1.82) is 0 Å². The van der Waals surface area contributed by atoms with E-state index in [-0.39, 0.29) is 5.60 Å². The first-order chi connectivity index (χ1) is 9.30. The molecule has 0 aromatic carbocycles. The van der Waals surface area contributed by atoms with Gasteiger partial charge in [-0.1, -0.05) is 6.08 Å². The fraction of sp³-hybridized carbons (Fsp3) is 0.867. The number of hydrogen-bond donors (Lipinski definition) is 0. The standard InChI is InChI=1S/C15H26O3Si/c1-2-10-15(11-5-12-15)18-19(16-13-6-3-7-13)17-14-8-4-9-14/h2,13-14,19H,1,3-12H2. The Hall–Kier alpha value is -0.163. The lowest BCUT2D eigenvalue weighted by Gasteiger charge is -2.45. The maximum absolute atomic E-state index is 6.35. The Morgan fingerprint density at radius 1 is 1.00 bits per heavy atom. The van der Waals surface area contributed by atoms with E-state index in [1.807, 2.05) is 6.08 Å². The predicted molar refractivity (Wildman–Crippen MR) is 77.1 cm³/mol. The summed E-state index contributed by atoms with van der Waals surface area (Å²) < 4.78 is 18.6. The van der Waals surface area contributed by atoms with E-state index in [9.17, 15) is 0 Å². The Balaban J connectivity index is 1.54. The van der Waals surface area contributed by atoms with Crippen LogP contribution in [-0.4, -0.2) is 27.3 Å². The van der Waals surface area contributed by atoms with E-state index < -0.39 is 9.53 Å². The number of hydrogen-bond acceptors (Lipinski definition) is 3. The van der Waals surface area contributed by atoms with Crippen molar-refractivity contribution >= 4 is 9.53 Å². The van der Waals surface area contributed by atoms with Crippen molar-refractivity contribution in [3.05, 3.63) is 12.7 Å². The molecule has 0 spiro atoms. The normalized spacial score (nSPS) is 26.6. The Morgan fingerprint density at radius 3 is 1.89 bits per heavy atom. The molecule has 3 rings (SSSR count). The van der Waals surface area contributed by atoms with Crippen LogP contribution in [0.15, 0.2) is 12.7 Å². The first kappa shape index (κ1) is 13.8. The molecule has 0 amide bonds. The first-order valence-corrected chi connectivity index (χ1v) is 9.31. The first-order valence-electron chi connectivity index (χ1n) is 7.89. The summed E-state index contributed by atoms with van der Waals surface area (Å²) in [6, 6.07) is 0. The van der Waals surface area contributed by atoms with Crippen molar-refractivity contribution in [2.24, 2.45) is 0 Å². The van der Waals surface area contributed by atoms with Crippen molar-refractivity contribution in [2.45, 2.75) is 82.0 Å². The van der Waals surface area contributed by atoms with Crippen LogP contribution in [0.4, 0.5) is 0 Å². The fourth-order valence-electron chi connectivity index (χ4n) is 2.82. The summed E-state index contributed by atoms with van der Waals surface area (Å²) in [6.07, 6.45) is 14.7. The highest BCUT2D eigenvalue weighted by Crippen LogP contribution is 2.40. The molecule has 3 saturated carbocycles. The zero-order valence-electron chi connectivity index (χ0n) is 11.8. The average molecular weight is 282 g/mol. The molecule has 0 aromatic rings. The second-order valence-electron chi connectivity index (χ2n) is 6.31. The van der Waals surface area contributed by atoms with Crippen molar-refractivity contribution in [2.75, 3.05) is 0 Å². The lowest BCUT2D eigenvalue weighted by molar-refractivity contribution is -0.0892. The molecule has 19 heavy (non-hydrogen) atoms. The summed E-state index contributed by atoms with van der Waals surface area (Å²) in [5, 5.41) is 0. The number of rotatable bonds is 8. The van der Waals surface area contributed by atoms with Gasteiger partial charge in [-0.25, -0.2) is 0 Å². The minimum atomic E-state index is -1.95. The average Bonchev–Trinajstić information content (AvgIpc) is 2.24. The fourth-order valence-corrected chi connectivity index (χ4v) is 4.91. The van der Waals surface area contributed by atoms with Crippen LogP contribution in [0, 0.1) is 0 Å². The molecule has 3 aliphatic carbocycles. The highest BCUT2D eigenvalue weighted by atomic mass is 28.3. The molecule has 108 valence electrons. The van der Waals surface area contributed by atoms with Crippen LogP contribution >= 0.6 is 0 Å². The third-order valence-corrected chi connectivity index (χ3v) is 6.75. The molecule has 0 atom stereocenters. The van der Waals surface area contributed by atoms with Gasteiger partial charge in [-0.15, -0.1) is 6.58 Å². The van der Waals surface area contributed by atoms with Gasteiger partial charge in [-0.3, -0.25) is 0 Å². The second-order valence-corrected chi connectivity index (χ2v) is 7.67. The Labute approximate surface area is 118 Å². The predicted octanol–water partition coefficient (Wildman–Crippen LogP) is 3.36. The van der Waals surface area contributed by atoms with E-state index in [1.165, 1.54) is 44.9 Å². The van der Waals surface area contributed by atoms with E-state index in [2.05, 4.69) is 6.58 Å². The van der Waals surface area contributed by atoms with Crippen LogP contribution in [0.2, 0.25) is 0 Å².